The highest BCUT2D eigenvalue weighted by Gasteiger charge is 2.12. The normalized spacial score (nSPS) is 11.9. The van der Waals surface area contributed by atoms with E-state index in [-0.39, 0.29) is 0 Å². The van der Waals surface area contributed by atoms with E-state index in [0.717, 1.165) is 11.4 Å². The Balaban J connectivity index is 3.26. The van der Waals surface area contributed by atoms with Crippen LogP contribution in [0.25, 0.3) is 0 Å². The van der Waals surface area contributed by atoms with E-state index in [1.54, 1.807) is 0 Å². The molecule has 0 saturated heterocycles. The smallest absolute Gasteiger partial charge is 0.0674 e. The van der Waals surface area contributed by atoms with Crippen molar-refractivity contribution in [3.63, 3.8) is 0 Å². The van der Waals surface area contributed by atoms with E-state index >= 15 is 0 Å². The van der Waals surface area contributed by atoms with E-state index in [9.17, 15) is 0 Å². The van der Waals surface area contributed by atoms with Crippen molar-refractivity contribution in [2.75, 3.05) is 0 Å². The molecule has 0 aliphatic carbocycles. The summed E-state index contributed by atoms with van der Waals surface area (Å²) in [5.41, 5.74) is 7.46. The Morgan fingerprint density at radius 2 is 1.76 bits per heavy atom. The highest BCUT2D eigenvalue weighted by molar-refractivity contribution is 6.00. The Morgan fingerprint density at radius 1 is 1.10 bits per heavy atom. The quantitative estimate of drug-likeness (QED) is 0.476. The first kappa shape index (κ1) is 17.6. The van der Waals surface area contributed by atoms with E-state index < -0.39 is 0 Å². The van der Waals surface area contributed by atoms with Crippen LogP contribution in [0.4, 0.5) is 0 Å². The molecule has 0 atom stereocenters. The third-order valence-electron chi connectivity index (χ3n) is 3.70. The van der Waals surface area contributed by atoms with Crippen LogP contribution >= 0.6 is 0 Å². The van der Waals surface area contributed by atoms with Crippen LogP contribution in [-0.4, -0.2) is 11.4 Å². The molecule has 0 N–H and O–H groups in total. The molecule has 0 saturated carbocycles. The number of nitrogens with zero attached hydrogens (tertiary/aromatic N) is 2. The van der Waals surface area contributed by atoms with Gasteiger partial charge in [0.05, 0.1) is 5.71 Å². The van der Waals surface area contributed by atoms with Crippen molar-refractivity contribution in [2.24, 2.45) is 10.2 Å². The van der Waals surface area contributed by atoms with Crippen molar-refractivity contribution >= 4 is 11.4 Å². The molecule has 0 spiro atoms. The lowest BCUT2D eigenvalue weighted by molar-refractivity contribution is 0.766. The van der Waals surface area contributed by atoms with Gasteiger partial charge in [-0.2, -0.15) is 10.2 Å². The van der Waals surface area contributed by atoms with Crippen molar-refractivity contribution in [1.29, 1.82) is 0 Å². The van der Waals surface area contributed by atoms with Crippen molar-refractivity contribution in [3.05, 3.63) is 34.4 Å². The number of hydrogen-bond acceptors (Lipinski definition) is 2. The predicted octanol–water partition coefficient (Wildman–Crippen LogP) is 5.67. The highest BCUT2D eigenvalue weighted by Crippen LogP contribution is 2.26. The molecule has 1 aromatic rings. The van der Waals surface area contributed by atoms with Gasteiger partial charge in [-0.1, -0.05) is 33.3 Å². The molecule has 0 bridgehead atoms. The van der Waals surface area contributed by atoms with Crippen LogP contribution < -0.4 is 0 Å². The molecule has 0 heterocycles. The summed E-state index contributed by atoms with van der Waals surface area (Å²) >= 11 is 0. The minimum absolute atomic E-state index is 0.542. The lowest BCUT2D eigenvalue weighted by Crippen LogP contribution is -2.05. The van der Waals surface area contributed by atoms with Gasteiger partial charge in [0.1, 0.15) is 0 Å². The number of unbranched alkanes of at least 4 members (excludes halogenated alkanes) is 1. The third-order valence-corrected chi connectivity index (χ3v) is 3.70. The van der Waals surface area contributed by atoms with Crippen molar-refractivity contribution in [1.82, 2.24) is 0 Å². The fourth-order valence-corrected chi connectivity index (χ4v) is 2.52. The van der Waals surface area contributed by atoms with Crippen molar-refractivity contribution in [2.45, 2.75) is 73.6 Å². The Hall–Kier alpha value is -1.44. The largest absolute Gasteiger partial charge is 0.160 e. The van der Waals surface area contributed by atoms with Gasteiger partial charge in [0.2, 0.25) is 0 Å². The van der Waals surface area contributed by atoms with E-state index in [4.69, 9.17) is 0 Å². The topological polar surface area (TPSA) is 24.7 Å². The van der Waals surface area contributed by atoms with E-state index in [1.165, 1.54) is 41.5 Å². The molecule has 0 aromatic heterocycles. The zero-order valence-corrected chi connectivity index (χ0v) is 14.7. The summed E-state index contributed by atoms with van der Waals surface area (Å²) in [5, 5.41) is 8.54. The third kappa shape index (κ3) is 5.11. The number of hydrogen-bond donors (Lipinski definition) is 0. The molecule has 0 fully saturated rings. The molecule has 0 radical (unpaired) electrons. The highest BCUT2D eigenvalue weighted by atomic mass is 15.2. The number of aryl methyl sites for hydroxylation is 2. The van der Waals surface area contributed by atoms with Crippen LogP contribution in [0.5, 0.6) is 0 Å². The van der Waals surface area contributed by atoms with Crippen molar-refractivity contribution < 1.29 is 0 Å². The second-order valence-electron chi connectivity index (χ2n) is 6.36. The van der Waals surface area contributed by atoms with Crippen LogP contribution in [0, 0.1) is 6.92 Å². The zero-order valence-electron chi connectivity index (χ0n) is 14.7. The first-order chi connectivity index (χ1) is 9.86. The van der Waals surface area contributed by atoms with E-state index in [0.29, 0.717) is 5.92 Å². The zero-order chi connectivity index (χ0) is 16.0. The molecule has 0 amide bonds. The molecule has 0 unspecified atom stereocenters. The SMILES string of the molecule is CCCCc1cc(C)c(/C(C)=N/N=C(C)C)cc1C(C)C. The fraction of sp³-hybridized carbons (Fsp3) is 0.579. The van der Waals surface area contributed by atoms with Crippen LogP contribution in [0.3, 0.4) is 0 Å². The Labute approximate surface area is 130 Å². The van der Waals surface area contributed by atoms with E-state index in [1.807, 2.05) is 20.8 Å². The van der Waals surface area contributed by atoms with Gasteiger partial charge in [-0.15, -0.1) is 0 Å². The standard InChI is InChI=1S/C19H30N2/c1-8-9-10-17-11-15(6)19(12-18(17)13(2)3)16(7)21-20-14(4)5/h11-13H,8-10H2,1-7H3/b21-16+. The van der Waals surface area contributed by atoms with Crippen LogP contribution in [0.15, 0.2) is 22.3 Å². The maximum atomic E-state index is 4.35. The summed E-state index contributed by atoms with van der Waals surface area (Å²) in [5.74, 6) is 0.542. The molecular formula is C19H30N2. The van der Waals surface area contributed by atoms with Crippen LogP contribution in [-0.2, 0) is 6.42 Å². The molecule has 1 rings (SSSR count). The van der Waals surface area contributed by atoms with Crippen molar-refractivity contribution in [3.8, 4) is 0 Å². The van der Waals surface area contributed by atoms with Crippen LogP contribution in [0.2, 0.25) is 0 Å². The van der Waals surface area contributed by atoms with Crippen LogP contribution in [0.1, 0.15) is 82.6 Å². The molecule has 0 aliphatic heterocycles. The maximum absolute atomic E-state index is 4.35. The number of benzene rings is 1. The lowest BCUT2D eigenvalue weighted by Gasteiger charge is -2.17. The first-order valence-corrected chi connectivity index (χ1v) is 8.06. The first-order valence-electron chi connectivity index (χ1n) is 8.06. The van der Waals surface area contributed by atoms with Gasteiger partial charge in [0.15, 0.2) is 0 Å². The lowest BCUT2D eigenvalue weighted by atomic mass is 9.89. The summed E-state index contributed by atoms with van der Waals surface area (Å²) in [7, 11) is 0. The molecular weight excluding hydrogens is 256 g/mol. The summed E-state index contributed by atoms with van der Waals surface area (Å²) in [4.78, 5) is 0. The van der Waals surface area contributed by atoms with Gasteiger partial charge in [-0.25, -0.2) is 0 Å². The average Bonchev–Trinajstić information content (AvgIpc) is 2.42. The maximum Gasteiger partial charge on any atom is 0.0674 e. The summed E-state index contributed by atoms with van der Waals surface area (Å²) < 4.78 is 0. The molecule has 2 heteroatoms. The summed E-state index contributed by atoms with van der Waals surface area (Å²) in [6.45, 7) is 14.9. The Morgan fingerprint density at radius 3 is 2.29 bits per heavy atom. The minimum atomic E-state index is 0.542. The molecule has 1 aromatic carbocycles. The van der Waals surface area contributed by atoms with Gasteiger partial charge in [0.25, 0.3) is 0 Å². The summed E-state index contributed by atoms with van der Waals surface area (Å²) in [6.07, 6.45) is 3.67. The van der Waals surface area contributed by atoms with Gasteiger partial charge in [-0.3, -0.25) is 0 Å². The van der Waals surface area contributed by atoms with Gasteiger partial charge in [-0.05, 0) is 69.2 Å². The predicted molar refractivity (Wildman–Crippen MR) is 94.9 cm³/mol. The minimum Gasteiger partial charge on any atom is -0.160 e. The monoisotopic (exact) mass is 286 g/mol. The second-order valence-corrected chi connectivity index (χ2v) is 6.36. The van der Waals surface area contributed by atoms with E-state index in [2.05, 4.69) is 50.0 Å². The fourth-order valence-electron chi connectivity index (χ4n) is 2.52. The molecule has 2 nitrogen and oxygen atoms in total. The second kappa shape index (κ2) is 8.11. The Bertz CT molecular complexity index is 533. The van der Waals surface area contributed by atoms with Gasteiger partial charge >= 0.3 is 0 Å². The molecule has 116 valence electrons. The van der Waals surface area contributed by atoms with Gasteiger partial charge < -0.3 is 0 Å². The molecule has 21 heavy (non-hydrogen) atoms. The molecule has 0 aliphatic rings. The average molecular weight is 286 g/mol. The van der Waals surface area contributed by atoms with Gasteiger partial charge in [0, 0.05) is 11.3 Å². The number of rotatable bonds is 6. The summed E-state index contributed by atoms with van der Waals surface area (Å²) in [6, 6.07) is 4.67. The Kier molecular flexibility index (Phi) is 6.80.